The number of carbonyl (C=O) groups excluding carboxylic acids is 2. The van der Waals surface area contributed by atoms with Crippen LogP contribution in [-0.4, -0.2) is 65.0 Å². The van der Waals surface area contributed by atoms with Gasteiger partial charge in [-0.05, 0) is 63.1 Å². The first kappa shape index (κ1) is 26.5. The van der Waals surface area contributed by atoms with Gasteiger partial charge in [0.1, 0.15) is 23.2 Å². The number of aromatic nitrogens is 1. The van der Waals surface area contributed by atoms with Gasteiger partial charge in [-0.1, -0.05) is 24.2 Å². The van der Waals surface area contributed by atoms with Crippen molar-refractivity contribution in [2.75, 3.05) is 25.0 Å². The van der Waals surface area contributed by atoms with E-state index in [2.05, 4.69) is 32.6 Å². The summed E-state index contributed by atoms with van der Waals surface area (Å²) in [5.41, 5.74) is 0.302. The number of hydrogen-bond donors (Lipinski definition) is 2. The number of alkyl halides is 1. The summed E-state index contributed by atoms with van der Waals surface area (Å²) in [5, 5.41) is 9.23. The summed E-state index contributed by atoms with van der Waals surface area (Å²) in [6.07, 6.45) is 3.37. The molecule has 2 aliphatic rings. The number of halogens is 1. The van der Waals surface area contributed by atoms with Crippen molar-refractivity contribution >= 4 is 23.2 Å². The Balaban J connectivity index is 1.22. The molecule has 2 N–H and O–H groups in total. The van der Waals surface area contributed by atoms with Gasteiger partial charge < -0.3 is 25.1 Å². The van der Waals surface area contributed by atoms with Gasteiger partial charge >= 0.3 is 0 Å². The van der Waals surface area contributed by atoms with E-state index < -0.39 is 11.9 Å². The standard InChI is InChI=1S/C27H34FN5O4/c1-4-33-13-11-20(12-14-33)36-21-9-10-22(29-17-21)26(35)30-19-7-5-18(6-8-19)15-24(34)31-25-16-23(32-37-25)27(2,3)28/h5-10,17,20,25H,4,11-16H2,1-3H3,(H,30,35)(H,31,34). The van der Waals surface area contributed by atoms with Crippen molar-refractivity contribution in [2.24, 2.45) is 5.16 Å². The van der Waals surface area contributed by atoms with Crippen molar-refractivity contribution in [1.29, 1.82) is 0 Å². The third-order valence-corrected chi connectivity index (χ3v) is 6.51. The summed E-state index contributed by atoms with van der Waals surface area (Å²) in [7, 11) is 0. The van der Waals surface area contributed by atoms with E-state index in [0.29, 0.717) is 11.4 Å². The summed E-state index contributed by atoms with van der Waals surface area (Å²) in [6.45, 7) is 8.08. The van der Waals surface area contributed by atoms with Gasteiger partial charge in [-0.15, -0.1) is 0 Å². The summed E-state index contributed by atoms with van der Waals surface area (Å²) in [5.74, 6) is 0.0592. The van der Waals surface area contributed by atoms with Gasteiger partial charge in [-0.2, -0.15) is 0 Å². The molecular weight excluding hydrogens is 477 g/mol. The fourth-order valence-corrected chi connectivity index (χ4v) is 4.24. The molecule has 2 aliphatic heterocycles. The van der Waals surface area contributed by atoms with Crippen LogP contribution in [0.25, 0.3) is 0 Å². The lowest BCUT2D eigenvalue weighted by molar-refractivity contribution is -0.124. The second-order valence-corrected chi connectivity index (χ2v) is 9.83. The second-order valence-electron chi connectivity index (χ2n) is 9.83. The molecule has 37 heavy (non-hydrogen) atoms. The number of nitrogens with zero attached hydrogens (tertiary/aromatic N) is 3. The molecule has 0 radical (unpaired) electrons. The van der Waals surface area contributed by atoms with Gasteiger partial charge in [0, 0.05) is 18.8 Å². The molecule has 0 spiro atoms. The number of likely N-dealkylation sites (tertiary alicyclic amines) is 1. The summed E-state index contributed by atoms with van der Waals surface area (Å²) in [4.78, 5) is 36.7. The predicted octanol–water partition coefficient (Wildman–Crippen LogP) is 3.71. The highest BCUT2D eigenvalue weighted by Crippen LogP contribution is 2.22. The molecule has 1 fully saturated rings. The van der Waals surface area contributed by atoms with Crippen molar-refractivity contribution < 1.29 is 23.6 Å². The van der Waals surface area contributed by atoms with Gasteiger partial charge in [0.25, 0.3) is 5.91 Å². The number of nitrogens with one attached hydrogen (secondary N) is 2. The zero-order valence-corrected chi connectivity index (χ0v) is 21.5. The van der Waals surface area contributed by atoms with E-state index in [-0.39, 0.29) is 42.2 Å². The van der Waals surface area contributed by atoms with Gasteiger partial charge in [0.15, 0.2) is 0 Å². The molecule has 2 amide bonds. The Morgan fingerprint density at radius 3 is 2.49 bits per heavy atom. The van der Waals surface area contributed by atoms with Gasteiger partial charge in [-0.3, -0.25) is 9.59 Å². The molecule has 0 aliphatic carbocycles. The van der Waals surface area contributed by atoms with Crippen LogP contribution in [0.3, 0.4) is 0 Å². The summed E-state index contributed by atoms with van der Waals surface area (Å²) >= 11 is 0. The third kappa shape index (κ3) is 7.48. The van der Waals surface area contributed by atoms with Gasteiger partial charge in [0.2, 0.25) is 12.1 Å². The number of benzene rings is 1. The van der Waals surface area contributed by atoms with Crippen LogP contribution in [0.2, 0.25) is 0 Å². The normalized spacial score (nSPS) is 18.6. The van der Waals surface area contributed by atoms with Crippen LogP contribution in [-0.2, 0) is 16.1 Å². The molecule has 4 rings (SSSR count). The number of pyridine rings is 1. The smallest absolute Gasteiger partial charge is 0.274 e. The van der Waals surface area contributed by atoms with E-state index in [1.807, 2.05) is 0 Å². The van der Waals surface area contributed by atoms with E-state index in [1.54, 1.807) is 42.6 Å². The Hall–Kier alpha value is -3.53. The highest BCUT2D eigenvalue weighted by atomic mass is 19.1. The largest absolute Gasteiger partial charge is 0.489 e. The highest BCUT2D eigenvalue weighted by molar-refractivity contribution is 6.02. The molecule has 198 valence electrons. The molecular formula is C27H34FN5O4. The van der Waals surface area contributed by atoms with Crippen molar-refractivity contribution in [1.82, 2.24) is 15.2 Å². The fraction of sp³-hybridized carbons (Fsp3) is 0.481. The molecule has 0 saturated carbocycles. The topological polar surface area (TPSA) is 105 Å². The van der Waals surface area contributed by atoms with Crippen molar-refractivity contribution in [3.63, 3.8) is 0 Å². The number of carbonyl (C=O) groups is 2. The first-order valence-corrected chi connectivity index (χ1v) is 12.7. The highest BCUT2D eigenvalue weighted by Gasteiger charge is 2.33. The van der Waals surface area contributed by atoms with Crippen LogP contribution in [0.1, 0.15) is 56.1 Å². The van der Waals surface area contributed by atoms with E-state index >= 15 is 0 Å². The lowest BCUT2D eigenvalue weighted by Crippen LogP contribution is -2.38. The van der Waals surface area contributed by atoms with Crippen LogP contribution in [0.15, 0.2) is 47.8 Å². The average molecular weight is 512 g/mol. The molecule has 9 nitrogen and oxygen atoms in total. The number of amides is 2. The molecule has 10 heteroatoms. The fourth-order valence-electron chi connectivity index (χ4n) is 4.24. The van der Waals surface area contributed by atoms with E-state index in [9.17, 15) is 14.0 Å². The number of anilines is 1. The van der Waals surface area contributed by atoms with Crippen molar-refractivity contribution in [2.45, 2.75) is 64.5 Å². The van der Waals surface area contributed by atoms with Crippen LogP contribution in [0.5, 0.6) is 5.75 Å². The minimum Gasteiger partial charge on any atom is -0.489 e. The maximum absolute atomic E-state index is 13.9. The average Bonchev–Trinajstić information content (AvgIpc) is 3.35. The van der Waals surface area contributed by atoms with Crippen LogP contribution >= 0.6 is 0 Å². The summed E-state index contributed by atoms with van der Waals surface area (Å²) < 4.78 is 20.0. The zero-order valence-electron chi connectivity index (χ0n) is 21.5. The maximum atomic E-state index is 13.9. The number of oxime groups is 1. The summed E-state index contributed by atoms with van der Waals surface area (Å²) in [6, 6.07) is 10.4. The monoisotopic (exact) mass is 511 g/mol. The van der Waals surface area contributed by atoms with E-state index in [1.165, 1.54) is 13.8 Å². The number of hydrogen-bond acceptors (Lipinski definition) is 7. The van der Waals surface area contributed by atoms with Gasteiger partial charge in [-0.25, -0.2) is 9.37 Å². The van der Waals surface area contributed by atoms with Crippen LogP contribution in [0.4, 0.5) is 10.1 Å². The van der Waals surface area contributed by atoms with Gasteiger partial charge in [0.05, 0.1) is 24.8 Å². The third-order valence-electron chi connectivity index (χ3n) is 6.51. The Morgan fingerprint density at radius 1 is 1.16 bits per heavy atom. The Bertz CT molecular complexity index is 1110. The van der Waals surface area contributed by atoms with Crippen LogP contribution in [0, 0.1) is 0 Å². The minimum atomic E-state index is -1.59. The van der Waals surface area contributed by atoms with Crippen molar-refractivity contribution in [3.8, 4) is 5.75 Å². The minimum absolute atomic E-state index is 0.114. The molecule has 1 atom stereocenters. The Labute approximate surface area is 216 Å². The van der Waals surface area contributed by atoms with E-state index in [4.69, 9.17) is 9.57 Å². The van der Waals surface area contributed by atoms with E-state index in [0.717, 1.165) is 38.0 Å². The number of piperidine rings is 1. The molecule has 0 bridgehead atoms. The molecule has 1 aromatic heterocycles. The number of ether oxygens (including phenoxy) is 1. The Kier molecular flexibility index (Phi) is 8.38. The quantitative estimate of drug-likeness (QED) is 0.532. The number of rotatable bonds is 9. The predicted molar refractivity (Wildman–Crippen MR) is 138 cm³/mol. The molecule has 1 saturated heterocycles. The molecule has 1 unspecified atom stereocenters. The second kappa shape index (κ2) is 11.7. The SMILES string of the molecule is CCN1CCC(Oc2ccc(C(=O)Nc3ccc(CC(=O)NC4CC(C(C)(C)F)=NO4)cc3)nc2)CC1. The first-order valence-electron chi connectivity index (χ1n) is 12.7. The van der Waals surface area contributed by atoms with Crippen molar-refractivity contribution in [3.05, 3.63) is 53.9 Å². The lowest BCUT2D eigenvalue weighted by atomic mass is 10.0. The molecule has 3 heterocycles. The molecule has 1 aromatic carbocycles. The van der Waals surface area contributed by atoms with Crippen LogP contribution < -0.4 is 15.4 Å². The zero-order chi connectivity index (χ0) is 26.4. The maximum Gasteiger partial charge on any atom is 0.274 e. The molecule has 2 aromatic rings. The lowest BCUT2D eigenvalue weighted by Gasteiger charge is -2.31. The Morgan fingerprint density at radius 2 is 1.89 bits per heavy atom. The first-order chi connectivity index (χ1) is 17.7.